The van der Waals surface area contributed by atoms with Crippen molar-refractivity contribution < 1.29 is 16.5 Å². The lowest BCUT2D eigenvalue weighted by Gasteiger charge is -2.07. The van der Waals surface area contributed by atoms with E-state index in [1.807, 2.05) is 49.6 Å². The minimum absolute atomic E-state index is 0.0114. The van der Waals surface area contributed by atoms with Gasteiger partial charge in [0.2, 0.25) is 5.69 Å². The average molecular weight is 420 g/mol. The summed E-state index contributed by atoms with van der Waals surface area (Å²) in [5.74, 6) is 0.507. The van der Waals surface area contributed by atoms with E-state index < -0.39 is 6.37 Å². The zero-order chi connectivity index (χ0) is 23.6. The van der Waals surface area contributed by atoms with E-state index in [0.29, 0.717) is 28.0 Å². The first-order chi connectivity index (χ1) is 16.4. The monoisotopic (exact) mass is 419 g/mol. The average Bonchev–Trinajstić information content (AvgIpc) is 3.35. The van der Waals surface area contributed by atoms with E-state index in [0.717, 1.165) is 38.7 Å². The maximum absolute atomic E-state index is 9.92. The van der Waals surface area contributed by atoms with E-state index in [2.05, 4.69) is 35.8 Å². The van der Waals surface area contributed by atoms with Gasteiger partial charge in [0.25, 0.3) is 0 Å². The van der Waals surface area contributed by atoms with Gasteiger partial charge in [0.15, 0.2) is 6.20 Å². The minimum atomic E-state index is -1.52. The highest BCUT2D eigenvalue weighted by atomic mass is 16.5. The SMILES string of the molecule is [2H]C1([2H])COc2cc(-c3c(C#N)ccc4c3oc3c(-c5cccc[n+]5C)c(C)ccc34)ccc21. The summed E-state index contributed by atoms with van der Waals surface area (Å²) in [7, 11) is 2.01. The third-order valence-corrected chi connectivity index (χ3v) is 6.21. The first-order valence-electron chi connectivity index (χ1n) is 11.5. The van der Waals surface area contributed by atoms with Gasteiger partial charge in [0.1, 0.15) is 24.0 Å². The molecule has 2 aromatic heterocycles. The second-order valence-corrected chi connectivity index (χ2v) is 8.09. The van der Waals surface area contributed by atoms with Crippen molar-refractivity contribution in [1.82, 2.24) is 0 Å². The first-order valence-corrected chi connectivity index (χ1v) is 10.5. The molecule has 0 saturated carbocycles. The van der Waals surface area contributed by atoms with Gasteiger partial charge in [-0.25, -0.2) is 4.57 Å². The van der Waals surface area contributed by atoms with Crippen LogP contribution in [0.15, 0.2) is 71.3 Å². The van der Waals surface area contributed by atoms with Gasteiger partial charge in [-0.3, -0.25) is 0 Å². The lowest BCUT2D eigenvalue weighted by Crippen LogP contribution is -2.30. The molecular formula is C28H21N2O2+. The number of aryl methyl sites for hydroxylation is 2. The highest BCUT2D eigenvalue weighted by Crippen LogP contribution is 2.43. The maximum atomic E-state index is 9.92. The molecular weight excluding hydrogens is 396 g/mol. The number of aromatic nitrogens is 1. The standard InChI is InChI=1S/C28H21N2O2/c1-17-6-10-21-22-11-9-20(16-29)26(19-8-7-18-12-14-31-24(18)15-19)28(22)32-27(21)25(17)23-5-3-4-13-30(23)2/h3-11,13,15H,12,14H2,1-2H3/q+1/i12D2. The Morgan fingerprint density at radius 2 is 1.81 bits per heavy atom. The summed E-state index contributed by atoms with van der Waals surface area (Å²) < 4.78 is 30.6. The Hall–Kier alpha value is -4.10. The lowest BCUT2D eigenvalue weighted by molar-refractivity contribution is -0.660. The van der Waals surface area contributed by atoms with Crippen LogP contribution in [0.3, 0.4) is 0 Å². The molecule has 3 heterocycles. The third kappa shape index (κ3) is 2.65. The largest absolute Gasteiger partial charge is 0.493 e. The van der Waals surface area contributed by atoms with Crippen molar-refractivity contribution in [2.75, 3.05) is 6.61 Å². The molecule has 1 aliphatic rings. The molecule has 6 rings (SSSR count). The van der Waals surface area contributed by atoms with Crippen LogP contribution < -0.4 is 9.30 Å². The predicted molar refractivity (Wildman–Crippen MR) is 124 cm³/mol. The van der Waals surface area contributed by atoms with Crippen LogP contribution in [0.1, 0.15) is 19.4 Å². The molecule has 4 nitrogen and oxygen atoms in total. The van der Waals surface area contributed by atoms with Gasteiger partial charge in [0.05, 0.1) is 23.8 Å². The molecule has 0 aliphatic carbocycles. The van der Waals surface area contributed by atoms with Crippen LogP contribution in [-0.2, 0) is 13.4 Å². The molecule has 1 aliphatic heterocycles. The van der Waals surface area contributed by atoms with Crippen molar-refractivity contribution in [3.8, 4) is 34.2 Å². The third-order valence-electron chi connectivity index (χ3n) is 6.21. The Kier molecular flexibility index (Phi) is 3.61. The summed E-state index contributed by atoms with van der Waals surface area (Å²) in [6.45, 7) is 2.06. The van der Waals surface area contributed by atoms with Gasteiger partial charge >= 0.3 is 0 Å². The van der Waals surface area contributed by atoms with Gasteiger partial charge in [-0.2, -0.15) is 5.26 Å². The molecule has 0 bridgehead atoms. The molecule has 0 radical (unpaired) electrons. The Morgan fingerprint density at radius 3 is 2.62 bits per heavy atom. The number of rotatable bonds is 2. The number of fused-ring (bicyclic) bond motifs is 4. The van der Waals surface area contributed by atoms with E-state index in [9.17, 15) is 5.26 Å². The van der Waals surface area contributed by atoms with E-state index >= 15 is 0 Å². The number of pyridine rings is 1. The van der Waals surface area contributed by atoms with Crippen molar-refractivity contribution in [2.24, 2.45) is 7.05 Å². The van der Waals surface area contributed by atoms with Crippen LogP contribution in [0.4, 0.5) is 0 Å². The number of hydrogen-bond acceptors (Lipinski definition) is 3. The smallest absolute Gasteiger partial charge is 0.216 e. The van der Waals surface area contributed by atoms with Crippen molar-refractivity contribution >= 4 is 21.9 Å². The molecule has 0 N–H and O–H groups in total. The zero-order valence-corrected chi connectivity index (χ0v) is 17.8. The fourth-order valence-corrected chi connectivity index (χ4v) is 4.62. The fourth-order valence-electron chi connectivity index (χ4n) is 4.62. The normalized spacial score (nSPS) is 15.2. The number of nitrogens with zero attached hydrogens (tertiary/aromatic N) is 2. The summed E-state index contributed by atoms with van der Waals surface area (Å²) in [5, 5.41) is 11.8. The van der Waals surface area contributed by atoms with Crippen LogP contribution >= 0.6 is 0 Å². The minimum Gasteiger partial charge on any atom is -0.493 e. The topological polar surface area (TPSA) is 50.0 Å². The van der Waals surface area contributed by atoms with Gasteiger partial charge < -0.3 is 9.15 Å². The van der Waals surface area contributed by atoms with E-state index in [4.69, 9.17) is 11.9 Å². The molecule has 0 saturated heterocycles. The highest BCUT2D eigenvalue weighted by Gasteiger charge is 2.23. The summed E-state index contributed by atoms with van der Waals surface area (Å²) in [6.07, 6.45) is 0.494. The molecule has 4 heteroatoms. The van der Waals surface area contributed by atoms with Crippen LogP contribution in [0.25, 0.3) is 44.3 Å². The second-order valence-electron chi connectivity index (χ2n) is 8.09. The summed E-state index contributed by atoms with van der Waals surface area (Å²) in [4.78, 5) is 0. The summed E-state index contributed by atoms with van der Waals surface area (Å²) in [5.41, 5.74) is 7.06. The number of benzene rings is 3. The highest BCUT2D eigenvalue weighted by molar-refractivity contribution is 6.14. The molecule has 32 heavy (non-hydrogen) atoms. The van der Waals surface area contributed by atoms with Gasteiger partial charge in [0, 0.05) is 37.6 Å². The molecule has 0 amide bonds. The number of nitriles is 1. The quantitative estimate of drug-likeness (QED) is 0.337. The summed E-state index contributed by atoms with van der Waals surface area (Å²) >= 11 is 0. The maximum Gasteiger partial charge on any atom is 0.216 e. The van der Waals surface area contributed by atoms with E-state index in [1.54, 1.807) is 6.07 Å². The van der Waals surface area contributed by atoms with Crippen molar-refractivity contribution in [2.45, 2.75) is 13.3 Å². The Morgan fingerprint density at radius 1 is 1.00 bits per heavy atom. The van der Waals surface area contributed by atoms with Crippen molar-refractivity contribution in [1.29, 1.82) is 5.26 Å². The molecule has 154 valence electrons. The Balaban J connectivity index is 1.68. The molecule has 0 atom stereocenters. The first kappa shape index (κ1) is 16.6. The van der Waals surface area contributed by atoms with Gasteiger partial charge in [-0.05, 0) is 47.9 Å². The summed E-state index contributed by atoms with van der Waals surface area (Å²) in [6, 6.07) is 21.7. The molecule has 5 aromatic rings. The Bertz CT molecular complexity index is 1680. The van der Waals surface area contributed by atoms with E-state index in [-0.39, 0.29) is 6.61 Å². The van der Waals surface area contributed by atoms with Crippen molar-refractivity contribution in [3.63, 3.8) is 0 Å². The Labute approximate surface area is 188 Å². The second kappa shape index (κ2) is 6.96. The molecule has 0 fully saturated rings. The van der Waals surface area contributed by atoms with Crippen LogP contribution in [-0.4, -0.2) is 6.61 Å². The number of hydrogen-bond donors (Lipinski definition) is 0. The number of ether oxygens (including phenoxy) is 1. The van der Waals surface area contributed by atoms with E-state index in [1.165, 1.54) is 0 Å². The number of furan rings is 1. The van der Waals surface area contributed by atoms with Crippen LogP contribution in [0.5, 0.6) is 5.75 Å². The van der Waals surface area contributed by atoms with Gasteiger partial charge in [-0.15, -0.1) is 0 Å². The lowest BCUT2D eigenvalue weighted by atomic mass is 9.95. The van der Waals surface area contributed by atoms with Gasteiger partial charge in [-0.1, -0.05) is 24.3 Å². The molecule has 3 aromatic carbocycles. The van der Waals surface area contributed by atoms with Crippen molar-refractivity contribution in [3.05, 3.63) is 83.6 Å². The van der Waals surface area contributed by atoms with Crippen LogP contribution in [0.2, 0.25) is 0 Å². The zero-order valence-electron chi connectivity index (χ0n) is 19.8. The molecule has 0 spiro atoms. The fraction of sp³-hybridized carbons (Fsp3) is 0.143. The molecule has 0 unspecified atom stereocenters. The van der Waals surface area contributed by atoms with Crippen LogP contribution in [0, 0.1) is 18.3 Å². The predicted octanol–water partition coefficient (Wildman–Crippen LogP) is 5.86.